The average Bonchev–Trinajstić information content (AvgIpc) is 3.37. The van der Waals surface area contributed by atoms with Gasteiger partial charge in [-0.2, -0.15) is 0 Å². The second kappa shape index (κ2) is 43.4. The minimum Gasteiger partial charge on any atom is -0.394 e. The third kappa shape index (κ3) is 29.8. The topological polar surface area (TPSA) is 228 Å². The monoisotopic (exact) mass is 1010 g/mol. The minimum absolute atomic E-state index is 0.251. The van der Waals surface area contributed by atoms with Gasteiger partial charge in [-0.05, 0) is 44.9 Å². The van der Waals surface area contributed by atoms with E-state index in [1.165, 1.54) is 148 Å². The van der Waals surface area contributed by atoms with Crippen molar-refractivity contribution in [1.82, 2.24) is 5.32 Å². The van der Waals surface area contributed by atoms with E-state index in [1.54, 1.807) is 6.08 Å². The fraction of sp³-hybridized carbons (Fsp3) is 0.877. The summed E-state index contributed by atoms with van der Waals surface area (Å²) < 4.78 is 22.7. The smallest absolute Gasteiger partial charge is 0.220 e. The van der Waals surface area contributed by atoms with E-state index in [0.717, 1.165) is 44.9 Å². The predicted molar refractivity (Wildman–Crippen MR) is 281 cm³/mol. The number of amides is 1. The molecule has 0 bridgehead atoms. The van der Waals surface area contributed by atoms with Crippen molar-refractivity contribution in [3.63, 3.8) is 0 Å². The van der Waals surface area contributed by atoms with Gasteiger partial charge < -0.3 is 65.1 Å². The summed E-state index contributed by atoms with van der Waals surface area (Å²) in [5.74, 6) is -0.251. The van der Waals surface area contributed by atoms with Crippen molar-refractivity contribution < 1.29 is 64.6 Å². The zero-order valence-corrected chi connectivity index (χ0v) is 44.5. The summed E-state index contributed by atoms with van der Waals surface area (Å²) in [7, 11) is 0. The van der Waals surface area contributed by atoms with E-state index in [9.17, 15) is 45.6 Å². The molecule has 12 unspecified atom stereocenters. The number of carbonyl (C=O) groups is 1. The molecule has 0 aromatic carbocycles. The molecule has 416 valence electrons. The third-order valence-corrected chi connectivity index (χ3v) is 14.1. The third-order valence-electron chi connectivity index (χ3n) is 14.1. The Kier molecular flexibility index (Phi) is 40.0. The molecular weight excluding hydrogens is 907 g/mol. The molecule has 0 saturated carbocycles. The van der Waals surface area contributed by atoms with Crippen LogP contribution in [0.4, 0.5) is 0 Å². The summed E-state index contributed by atoms with van der Waals surface area (Å²) in [5.41, 5.74) is 0. The first-order chi connectivity index (χ1) is 34.6. The Hall–Kier alpha value is -1.79. The lowest BCUT2D eigenvalue weighted by Crippen LogP contribution is -2.65. The summed E-state index contributed by atoms with van der Waals surface area (Å²) in [6, 6.07) is -0.934. The molecule has 0 aliphatic carbocycles. The number of nitrogens with one attached hydrogen (secondary N) is 1. The number of allylic oxidation sites excluding steroid dienone is 5. The van der Waals surface area contributed by atoms with Crippen molar-refractivity contribution in [3.8, 4) is 0 Å². The van der Waals surface area contributed by atoms with E-state index >= 15 is 0 Å². The summed E-state index contributed by atoms with van der Waals surface area (Å²) in [5, 5.41) is 86.9. The Morgan fingerprint density at radius 1 is 0.493 bits per heavy atom. The number of ether oxygens (including phenoxy) is 4. The van der Waals surface area contributed by atoms with Gasteiger partial charge in [-0.1, -0.05) is 211 Å². The standard InChI is InChI=1S/C57H105NO13/c1-3-5-7-9-11-13-15-17-19-20-21-22-23-24-25-26-27-29-31-33-35-37-39-41-49(62)58-45(46(61)40-38-36-34-32-30-28-18-16-14-12-10-8-6-4-2)44-68-56-54(67)52(65)55(48(43-60)70-56)71-57-53(66)51(64)50(63)47(42-59)69-57/h14,16,30,32,38,40,45-48,50-57,59-61,63-67H,3-13,15,17-29,31,33-37,39,41-44H2,1-2H3,(H,58,62)/b16-14+,32-30+,40-38+. The molecule has 14 nitrogen and oxygen atoms in total. The fourth-order valence-electron chi connectivity index (χ4n) is 9.38. The summed E-state index contributed by atoms with van der Waals surface area (Å²) in [6.45, 7) is 2.76. The molecule has 2 aliphatic heterocycles. The lowest BCUT2D eigenvalue weighted by atomic mass is 9.97. The molecule has 9 N–H and O–H groups in total. The van der Waals surface area contributed by atoms with Crippen LogP contribution in [-0.4, -0.2) is 140 Å². The van der Waals surface area contributed by atoms with Crippen molar-refractivity contribution in [2.24, 2.45) is 0 Å². The molecule has 0 radical (unpaired) electrons. The second-order valence-electron chi connectivity index (χ2n) is 20.4. The van der Waals surface area contributed by atoms with Gasteiger partial charge in [0.2, 0.25) is 5.91 Å². The first kappa shape index (κ1) is 65.3. The molecule has 2 rings (SSSR count). The zero-order valence-electron chi connectivity index (χ0n) is 44.5. The van der Waals surface area contributed by atoms with E-state index < -0.39 is 86.8 Å². The SMILES string of the molecule is CCCCCC/C=C/CC/C=C/CC/C=C/C(O)C(COC1OC(CO)C(OC2OC(CO)C(O)C(O)C2O)C(O)C1O)NC(=O)CCCCCCCCCCCCCCCCCCCCCCCCC. The van der Waals surface area contributed by atoms with Gasteiger partial charge >= 0.3 is 0 Å². The van der Waals surface area contributed by atoms with Gasteiger partial charge in [0.05, 0.1) is 32.0 Å². The van der Waals surface area contributed by atoms with Crippen LogP contribution >= 0.6 is 0 Å². The quantitative estimate of drug-likeness (QED) is 0.0205. The number of hydrogen-bond acceptors (Lipinski definition) is 13. The van der Waals surface area contributed by atoms with Gasteiger partial charge in [-0.25, -0.2) is 0 Å². The van der Waals surface area contributed by atoms with Crippen LogP contribution in [-0.2, 0) is 23.7 Å². The van der Waals surface area contributed by atoms with Crippen molar-refractivity contribution in [1.29, 1.82) is 0 Å². The largest absolute Gasteiger partial charge is 0.394 e. The molecule has 0 spiro atoms. The fourth-order valence-corrected chi connectivity index (χ4v) is 9.38. The number of hydrogen-bond donors (Lipinski definition) is 9. The van der Waals surface area contributed by atoms with Crippen LogP contribution in [0.1, 0.15) is 226 Å². The Morgan fingerprint density at radius 2 is 0.901 bits per heavy atom. The molecule has 0 aromatic heterocycles. The molecular formula is C57H105NO13. The summed E-state index contributed by atoms with van der Waals surface area (Å²) in [6.07, 6.45) is 34.8. The highest BCUT2D eigenvalue weighted by atomic mass is 16.7. The summed E-state index contributed by atoms with van der Waals surface area (Å²) in [4.78, 5) is 13.2. The highest BCUT2D eigenvalue weighted by Crippen LogP contribution is 2.30. The van der Waals surface area contributed by atoms with E-state index in [-0.39, 0.29) is 18.9 Å². The molecule has 2 aliphatic rings. The van der Waals surface area contributed by atoms with Gasteiger partial charge in [0.15, 0.2) is 12.6 Å². The van der Waals surface area contributed by atoms with Crippen LogP contribution in [0.3, 0.4) is 0 Å². The highest BCUT2D eigenvalue weighted by molar-refractivity contribution is 5.76. The molecule has 71 heavy (non-hydrogen) atoms. The minimum atomic E-state index is -1.79. The number of rotatable bonds is 45. The van der Waals surface area contributed by atoms with E-state index in [4.69, 9.17) is 18.9 Å². The molecule has 2 saturated heterocycles. The lowest BCUT2D eigenvalue weighted by molar-refractivity contribution is -0.359. The maximum absolute atomic E-state index is 13.2. The van der Waals surface area contributed by atoms with Crippen molar-refractivity contribution >= 4 is 5.91 Å². The lowest BCUT2D eigenvalue weighted by Gasteiger charge is -2.46. The second-order valence-corrected chi connectivity index (χ2v) is 20.4. The molecule has 1 amide bonds. The number of carbonyl (C=O) groups excluding carboxylic acids is 1. The Bertz CT molecular complexity index is 1330. The van der Waals surface area contributed by atoms with Gasteiger partial charge in [-0.15, -0.1) is 0 Å². The average molecular weight is 1010 g/mol. The Morgan fingerprint density at radius 3 is 1.38 bits per heavy atom. The molecule has 2 fully saturated rings. The first-order valence-corrected chi connectivity index (χ1v) is 28.7. The summed E-state index contributed by atoms with van der Waals surface area (Å²) >= 11 is 0. The van der Waals surface area contributed by atoms with Crippen molar-refractivity contribution in [2.75, 3.05) is 19.8 Å². The number of unbranched alkanes of at least 4 members (excludes halogenated alkanes) is 28. The van der Waals surface area contributed by atoms with Gasteiger partial charge in [0.1, 0.15) is 48.8 Å². The van der Waals surface area contributed by atoms with E-state index in [2.05, 4.69) is 43.5 Å². The van der Waals surface area contributed by atoms with Gasteiger partial charge in [0, 0.05) is 6.42 Å². The van der Waals surface area contributed by atoms with Crippen LogP contribution < -0.4 is 5.32 Å². The van der Waals surface area contributed by atoms with Crippen molar-refractivity contribution in [3.05, 3.63) is 36.5 Å². The zero-order chi connectivity index (χ0) is 51.7. The Labute approximate surface area is 430 Å². The highest BCUT2D eigenvalue weighted by Gasteiger charge is 2.51. The predicted octanol–water partition coefficient (Wildman–Crippen LogP) is 9.05. The molecule has 12 atom stereocenters. The maximum atomic E-state index is 13.2. The molecule has 2 heterocycles. The first-order valence-electron chi connectivity index (χ1n) is 28.7. The van der Waals surface area contributed by atoms with Crippen LogP contribution in [0.2, 0.25) is 0 Å². The van der Waals surface area contributed by atoms with E-state index in [0.29, 0.717) is 12.8 Å². The van der Waals surface area contributed by atoms with Gasteiger partial charge in [-0.3, -0.25) is 4.79 Å². The normalized spacial score (nSPS) is 26.0. The Balaban J connectivity index is 1.76. The van der Waals surface area contributed by atoms with Crippen molar-refractivity contribution in [2.45, 2.75) is 299 Å². The number of aliphatic hydroxyl groups excluding tert-OH is 8. The molecule has 14 heteroatoms. The maximum Gasteiger partial charge on any atom is 0.220 e. The van der Waals surface area contributed by atoms with E-state index in [1.807, 2.05) is 6.08 Å². The van der Waals surface area contributed by atoms with Crippen LogP contribution in [0.5, 0.6) is 0 Å². The van der Waals surface area contributed by atoms with Gasteiger partial charge in [0.25, 0.3) is 0 Å². The van der Waals surface area contributed by atoms with Crippen LogP contribution in [0, 0.1) is 0 Å². The van der Waals surface area contributed by atoms with Crippen LogP contribution in [0.25, 0.3) is 0 Å². The molecule has 0 aromatic rings. The van der Waals surface area contributed by atoms with Crippen LogP contribution in [0.15, 0.2) is 36.5 Å². The number of aliphatic hydroxyl groups is 8.